The molecule has 1 heterocycles. The molecule has 0 aromatic carbocycles. The van der Waals surface area contributed by atoms with Crippen molar-refractivity contribution in [3.63, 3.8) is 0 Å². The molecule has 1 unspecified atom stereocenters. The number of anilines is 1. The predicted molar refractivity (Wildman–Crippen MR) is 54.8 cm³/mol. The Labute approximate surface area is 78.0 Å². The van der Waals surface area contributed by atoms with Gasteiger partial charge in [-0.2, -0.15) is 0 Å². The highest BCUT2D eigenvalue weighted by atomic mass is 127. The highest BCUT2D eigenvalue weighted by Crippen LogP contribution is 2.30. The summed E-state index contributed by atoms with van der Waals surface area (Å²) in [7, 11) is 1.91. The molecule has 0 amide bonds. The Morgan fingerprint density at radius 1 is 1.80 bits per heavy atom. The van der Waals surface area contributed by atoms with Gasteiger partial charge in [0, 0.05) is 7.05 Å². The zero-order chi connectivity index (χ0) is 7.56. The topological polar surface area (TPSA) is 38.0 Å². The van der Waals surface area contributed by atoms with Crippen molar-refractivity contribution < 1.29 is 0 Å². The maximum Gasteiger partial charge on any atom is 0.0938 e. The third-order valence-electron chi connectivity index (χ3n) is 1.21. The third-order valence-corrected chi connectivity index (χ3v) is 3.26. The van der Waals surface area contributed by atoms with E-state index < -0.39 is 0 Å². The molecule has 10 heavy (non-hydrogen) atoms. The molecule has 0 spiro atoms. The Morgan fingerprint density at radius 3 is 2.90 bits per heavy atom. The van der Waals surface area contributed by atoms with Crippen LogP contribution < -0.4 is 11.1 Å². The van der Waals surface area contributed by atoms with Gasteiger partial charge in [0.15, 0.2) is 0 Å². The summed E-state index contributed by atoms with van der Waals surface area (Å²) in [6.45, 7) is 0. The summed E-state index contributed by atoms with van der Waals surface area (Å²) in [5.41, 5.74) is 6.84. The van der Waals surface area contributed by atoms with E-state index in [0.29, 0.717) is 0 Å². The quantitative estimate of drug-likeness (QED) is 0.490. The first kappa shape index (κ1) is 8.29. The van der Waals surface area contributed by atoms with E-state index >= 15 is 0 Å². The molecule has 0 bridgehead atoms. The minimum atomic E-state index is 0.111. The summed E-state index contributed by atoms with van der Waals surface area (Å²) in [4.78, 5) is 1.21. The predicted octanol–water partition coefficient (Wildman–Crippen LogP) is 2.18. The highest BCUT2D eigenvalue weighted by molar-refractivity contribution is 14.1. The molecule has 1 aromatic heterocycles. The van der Waals surface area contributed by atoms with Crippen LogP contribution in [0.15, 0.2) is 11.4 Å². The van der Waals surface area contributed by atoms with Crippen molar-refractivity contribution >= 4 is 39.6 Å². The van der Waals surface area contributed by atoms with Crippen molar-refractivity contribution in [1.29, 1.82) is 0 Å². The van der Waals surface area contributed by atoms with E-state index in [1.807, 2.05) is 18.5 Å². The Balaban J connectivity index is 2.90. The van der Waals surface area contributed by atoms with Gasteiger partial charge in [0.05, 0.1) is 14.6 Å². The molecule has 1 rings (SSSR count). The second-order valence-electron chi connectivity index (χ2n) is 1.85. The van der Waals surface area contributed by atoms with Crippen LogP contribution in [0.5, 0.6) is 0 Å². The van der Waals surface area contributed by atoms with Crippen LogP contribution in [0.2, 0.25) is 0 Å². The Kier molecular flexibility index (Phi) is 2.94. The van der Waals surface area contributed by atoms with Gasteiger partial charge in [-0.25, -0.2) is 0 Å². The van der Waals surface area contributed by atoms with Crippen LogP contribution in [0, 0.1) is 0 Å². The summed E-state index contributed by atoms with van der Waals surface area (Å²) < 4.78 is 0.111. The van der Waals surface area contributed by atoms with Crippen LogP contribution in [0.25, 0.3) is 0 Å². The lowest BCUT2D eigenvalue weighted by atomic mass is 10.4. The fraction of sp³-hybridized carbons (Fsp3) is 0.333. The maximum absolute atomic E-state index is 5.69. The van der Waals surface area contributed by atoms with Gasteiger partial charge in [-0.1, -0.05) is 22.6 Å². The molecule has 0 aliphatic rings. The molecule has 1 aromatic rings. The van der Waals surface area contributed by atoms with Crippen molar-refractivity contribution in [2.45, 2.75) is 4.05 Å². The van der Waals surface area contributed by atoms with Gasteiger partial charge in [-0.3, -0.25) is 0 Å². The summed E-state index contributed by atoms with van der Waals surface area (Å²) in [6, 6.07) is 2.04. The number of hydrogen-bond acceptors (Lipinski definition) is 3. The highest BCUT2D eigenvalue weighted by Gasteiger charge is 2.06. The van der Waals surface area contributed by atoms with Gasteiger partial charge in [-0.05, 0) is 11.4 Å². The van der Waals surface area contributed by atoms with E-state index in [0.717, 1.165) is 5.69 Å². The van der Waals surface area contributed by atoms with Crippen molar-refractivity contribution in [3.8, 4) is 0 Å². The molecule has 2 nitrogen and oxygen atoms in total. The van der Waals surface area contributed by atoms with E-state index in [9.17, 15) is 0 Å². The minimum absolute atomic E-state index is 0.111. The monoisotopic (exact) mass is 268 g/mol. The molecule has 0 aliphatic carbocycles. The smallest absolute Gasteiger partial charge is 0.0938 e. The standard InChI is InChI=1S/C6H9IN2S/c1-9-4-2-3-10-5(4)6(7)8/h2-3,6,9H,8H2,1H3. The molecule has 0 saturated heterocycles. The number of rotatable bonds is 2. The van der Waals surface area contributed by atoms with Crippen molar-refractivity contribution in [3.05, 3.63) is 16.3 Å². The van der Waals surface area contributed by atoms with Crippen LogP contribution in [-0.2, 0) is 0 Å². The molecule has 0 aliphatic heterocycles. The Morgan fingerprint density at radius 2 is 2.50 bits per heavy atom. The minimum Gasteiger partial charge on any atom is -0.387 e. The van der Waals surface area contributed by atoms with Gasteiger partial charge in [0.1, 0.15) is 0 Å². The zero-order valence-electron chi connectivity index (χ0n) is 5.60. The number of halogens is 1. The fourth-order valence-electron chi connectivity index (χ4n) is 0.741. The van der Waals surface area contributed by atoms with Crippen LogP contribution in [0.1, 0.15) is 8.93 Å². The van der Waals surface area contributed by atoms with E-state index in [4.69, 9.17) is 5.73 Å². The number of thiophene rings is 1. The van der Waals surface area contributed by atoms with Gasteiger partial charge >= 0.3 is 0 Å². The number of alkyl halides is 1. The molecular formula is C6H9IN2S. The fourth-order valence-corrected chi connectivity index (χ4v) is 2.29. The lowest BCUT2D eigenvalue weighted by Gasteiger charge is -2.03. The maximum atomic E-state index is 5.69. The van der Waals surface area contributed by atoms with Crippen LogP contribution in [0.4, 0.5) is 5.69 Å². The first-order valence-electron chi connectivity index (χ1n) is 2.90. The number of nitrogens with two attached hydrogens (primary N) is 1. The average Bonchev–Trinajstić information content (AvgIpc) is 2.33. The van der Waals surface area contributed by atoms with Crippen molar-refractivity contribution in [1.82, 2.24) is 0 Å². The lowest BCUT2D eigenvalue weighted by molar-refractivity contribution is 1.11. The number of hydrogen-bond donors (Lipinski definition) is 2. The van der Waals surface area contributed by atoms with Crippen LogP contribution >= 0.6 is 33.9 Å². The molecule has 56 valence electrons. The van der Waals surface area contributed by atoms with Gasteiger partial charge in [0.25, 0.3) is 0 Å². The first-order valence-corrected chi connectivity index (χ1v) is 5.03. The summed E-state index contributed by atoms with van der Waals surface area (Å²) >= 11 is 3.89. The van der Waals surface area contributed by atoms with E-state index in [2.05, 4.69) is 27.9 Å². The SMILES string of the molecule is CNc1ccsc1C(N)I. The molecule has 1 atom stereocenters. The average molecular weight is 268 g/mol. The van der Waals surface area contributed by atoms with Crippen molar-refractivity contribution in [2.24, 2.45) is 5.73 Å². The van der Waals surface area contributed by atoms with E-state index in [1.54, 1.807) is 11.3 Å². The summed E-state index contributed by atoms with van der Waals surface area (Å²) in [5, 5.41) is 5.12. The molecule has 0 radical (unpaired) electrons. The Bertz CT molecular complexity index is 209. The normalized spacial score (nSPS) is 13.1. The van der Waals surface area contributed by atoms with E-state index in [-0.39, 0.29) is 4.05 Å². The zero-order valence-corrected chi connectivity index (χ0v) is 8.57. The third kappa shape index (κ3) is 1.62. The Hall–Kier alpha value is 0.190. The van der Waals surface area contributed by atoms with Gasteiger partial charge in [0.2, 0.25) is 0 Å². The van der Waals surface area contributed by atoms with Crippen molar-refractivity contribution in [2.75, 3.05) is 12.4 Å². The van der Waals surface area contributed by atoms with Gasteiger partial charge < -0.3 is 11.1 Å². The second-order valence-corrected chi connectivity index (χ2v) is 4.14. The molecule has 4 heteroatoms. The molecule has 0 fully saturated rings. The van der Waals surface area contributed by atoms with E-state index in [1.165, 1.54) is 4.88 Å². The largest absolute Gasteiger partial charge is 0.387 e. The molecule has 0 saturated carbocycles. The van der Waals surface area contributed by atoms with Crippen LogP contribution in [0.3, 0.4) is 0 Å². The second kappa shape index (κ2) is 3.54. The van der Waals surface area contributed by atoms with Crippen LogP contribution in [-0.4, -0.2) is 7.05 Å². The van der Waals surface area contributed by atoms with Gasteiger partial charge in [-0.15, -0.1) is 11.3 Å². The molecule has 3 N–H and O–H groups in total. The number of nitrogens with one attached hydrogen (secondary N) is 1. The summed E-state index contributed by atoms with van der Waals surface area (Å²) in [5.74, 6) is 0. The summed E-state index contributed by atoms with van der Waals surface area (Å²) in [6.07, 6.45) is 0. The molecular weight excluding hydrogens is 259 g/mol. The lowest BCUT2D eigenvalue weighted by Crippen LogP contribution is -2.01. The first-order chi connectivity index (χ1) is 4.75.